The minimum atomic E-state index is -0.574. The third-order valence-electron chi connectivity index (χ3n) is 7.38. The smallest absolute Gasteiger partial charge is 0.339 e. The van der Waals surface area contributed by atoms with Crippen LogP contribution in [0.5, 0.6) is 0 Å². The number of nitrogens with zero attached hydrogens (tertiary/aromatic N) is 1. The summed E-state index contributed by atoms with van der Waals surface area (Å²) in [6, 6.07) is 26.9. The van der Waals surface area contributed by atoms with Crippen molar-refractivity contribution in [1.29, 1.82) is 0 Å². The minimum Gasteiger partial charge on any atom is -0.465 e. The Bertz CT molecular complexity index is 1330. The lowest BCUT2D eigenvalue weighted by Crippen LogP contribution is -2.34. The lowest BCUT2D eigenvalue weighted by molar-refractivity contribution is -0.122. The topological polar surface area (TPSA) is 63.7 Å². The van der Waals surface area contributed by atoms with Crippen LogP contribution in [-0.4, -0.2) is 24.9 Å². The van der Waals surface area contributed by atoms with Crippen LogP contribution < -0.4 is 4.90 Å². The van der Waals surface area contributed by atoms with Crippen LogP contribution in [-0.2, 0) is 14.3 Å². The summed E-state index contributed by atoms with van der Waals surface area (Å²) in [6.45, 7) is 0. The van der Waals surface area contributed by atoms with Gasteiger partial charge in [0, 0.05) is 11.8 Å². The molecule has 1 heterocycles. The molecule has 2 bridgehead atoms. The summed E-state index contributed by atoms with van der Waals surface area (Å²) in [5.74, 6) is -2.41. The van der Waals surface area contributed by atoms with Gasteiger partial charge in [0.1, 0.15) is 0 Å². The number of fused-ring (bicyclic) bond motifs is 5. The SMILES string of the molecule is COC(=O)c1ccccc1N1C(=O)[C@@H]2[C@H](C1=O)[C@@H]1C=C[C@@H]2C1=C(c1ccccc1)c1ccccc1. The van der Waals surface area contributed by atoms with Crippen molar-refractivity contribution >= 4 is 29.0 Å². The van der Waals surface area contributed by atoms with Gasteiger partial charge in [0.15, 0.2) is 0 Å². The highest BCUT2D eigenvalue weighted by molar-refractivity contribution is 6.25. The maximum atomic E-state index is 13.8. The molecular formula is C30H23NO4. The zero-order valence-electron chi connectivity index (χ0n) is 19.1. The molecule has 0 unspecified atom stereocenters. The average molecular weight is 462 g/mol. The first-order valence-electron chi connectivity index (χ1n) is 11.7. The second-order valence-corrected chi connectivity index (χ2v) is 9.07. The van der Waals surface area contributed by atoms with E-state index < -0.39 is 17.8 Å². The Balaban J connectivity index is 1.48. The van der Waals surface area contributed by atoms with Gasteiger partial charge in [-0.1, -0.05) is 84.9 Å². The van der Waals surface area contributed by atoms with Gasteiger partial charge in [0.2, 0.25) is 11.8 Å². The van der Waals surface area contributed by atoms with E-state index in [2.05, 4.69) is 36.4 Å². The van der Waals surface area contributed by atoms with Gasteiger partial charge in [-0.05, 0) is 34.4 Å². The van der Waals surface area contributed by atoms with Crippen LogP contribution in [0.15, 0.2) is 103 Å². The molecule has 1 saturated heterocycles. The number of imide groups is 1. The Labute approximate surface area is 203 Å². The van der Waals surface area contributed by atoms with Gasteiger partial charge in [-0.2, -0.15) is 0 Å². The van der Waals surface area contributed by atoms with Gasteiger partial charge in [0.25, 0.3) is 0 Å². The molecule has 2 aliphatic carbocycles. The van der Waals surface area contributed by atoms with Crippen molar-refractivity contribution in [3.05, 3.63) is 119 Å². The molecule has 5 nitrogen and oxygen atoms in total. The molecule has 4 atom stereocenters. The number of carbonyl (C=O) groups is 3. The van der Waals surface area contributed by atoms with Crippen LogP contribution in [0.25, 0.3) is 5.57 Å². The first kappa shape index (κ1) is 21.3. The van der Waals surface area contributed by atoms with Gasteiger partial charge < -0.3 is 4.74 Å². The first-order chi connectivity index (χ1) is 17.1. The zero-order chi connectivity index (χ0) is 24.1. The second kappa shape index (κ2) is 8.20. The summed E-state index contributed by atoms with van der Waals surface area (Å²) in [5, 5.41) is 0. The highest BCUT2D eigenvalue weighted by atomic mass is 16.5. The highest BCUT2D eigenvalue weighted by Crippen LogP contribution is 2.59. The van der Waals surface area contributed by atoms with Crippen molar-refractivity contribution in [3.63, 3.8) is 0 Å². The van der Waals surface area contributed by atoms with Crippen LogP contribution >= 0.6 is 0 Å². The Kier molecular flexibility index (Phi) is 4.99. The molecule has 3 aromatic rings. The number of rotatable bonds is 4. The summed E-state index contributed by atoms with van der Waals surface area (Å²) >= 11 is 0. The number of methoxy groups -OCH3 is 1. The number of allylic oxidation sites excluding steroid dienone is 3. The van der Waals surface area contributed by atoms with E-state index in [1.165, 1.54) is 12.0 Å². The van der Waals surface area contributed by atoms with Crippen molar-refractivity contribution < 1.29 is 19.1 Å². The van der Waals surface area contributed by atoms with Crippen LogP contribution in [0.1, 0.15) is 21.5 Å². The normalized spacial score (nSPS) is 24.1. The third-order valence-corrected chi connectivity index (χ3v) is 7.38. The lowest BCUT2D eigenvalue weighted by atomic mass is 9.85. The molecule has 2 fully saturated rings. The number of hydrogen-bond acceptors (Lipinski definition) is 4. The Hall–Kier alpha value is -4.25. The average Bonchev–Trinajstić information content (AvgIpc) is 3.54. The molecule has 35 heavy (non-hydrogen) atoms. The number of carbonyl (C=O) groups excluding carboxylic acids is 3. The van der Waals surface area contributed by atoms with Crippen LogP contribution in [0.4, 0.5) is 5.69 Å². The lowest BCUT2D eigenvalue weighted by Gasteiger charge is -2.22. The fraction of sp³-hybridized carbons (Fsp3) is 0.167. The van der Waals surface area contributed by atoms with Crippen molar-refractivity contribution in [2.24, 2.45) is 23.7 Å². The minimum absolute atomic E-state index is 0.174. The molecule has 172 valence electrons. The quantitative estimate of drug-likeness (QED) is 0.315. The summed E-state index contributed by atoms with van der Waals surface area (Å²) in [6.07, 6.45) is 4.15. The number of amides is 2. The Morgan fingerprint density at radius 3 is 1.71 bits per heavy atom. The molecule has 2 amide bonds. The van der Waals surface area contributed by atoms with Gasteiger partial charge in [-0.3, -0.25) is 9.59 Å². The molecule has 3 aromatic carbocycles. The van der Waals surface area contributed by atoms with E-state index in [1.54, 1.807) is 24.3 Å². The van der Waals surface area contributed by atoms with Gasteiger partial charge >= 0.3 is 5.97 Å². The molecule has 3 aliphatic rings. The summed E-state index contributed by atoms with van der Waals surface area (Å²) in [4.78, 5) is 41.1. The molecular weight excluding hydrogens is 438 g/mol. The fourth-order valence-corrected chi connectivity index (χ4v) is 5.99. The van der Waals surface area contributed by atoms with Gasteiger partial charge in [0.05, 0.1) is 30.2 Å². The zero-order valence-corrected chi connectivity index (χ0v) is 19.1. The van der Waals surface area contributed by atoms with Crippen LogP contribution in [0, 0.1) is 23.7 Å². The second-order valence-electron chi connectivity index (χ2n) is 9.07. The monoisotopic (exact) mass is 461 g/mol. The molecule has 6 rings (SSSR count). The number of hydrogen-bond donors (Lipinski definition) is 0. The standard InChI is InChI=1S/C30H23NO4/c1-35-30(34)20-14-8-9-15-23(20)31-28(32)26-21-16-17-22(27(26)29(31)33)25(21)24(18-10-4-2-5-11-18)19-12-6-3-7-13-19/h2-17,21-22,26-27H,1H3/t21-,22-,26-,27+/m1/s1. The van der Waals surface area contributed by atoms with E-state index in [0.717, 1.165) is 22.3 Å². The number of esters is 1. The Morgan fingerprint density at radius 1 is 0.714 bits per heavy atom. The van der Waals surface area contributed by atoms with Gasteiger partial charge in [-0.25, -0.2) is 9.69 Å². The molecule has 0 spiro atoms. The summed E-state index contributed by atoms with van der Waals surface area (Å²) in [5.41, 5.74) is 4.85. The highest BCUT2D eigenvalue weighted by Gasteiger charge is 2.62. The predicted octanol–water partition coefficient (Wildman–Crippen LogP) is 4.90. The van der Waals surface area contributed by atoms with E-state index in [9.17, 15) is 14.4 Å². The number of para-hydroxylation sites is 1. The first-order valence-corrected chi connectivity index (χ1v) is 11.7. The number of anilines is 1. The van der Waals surface area contributed by atoms with E-state index in [-0.39, 0.29) is 29.2 Å². The molecule has 5 heteroatoms. The van der Waals surface area contributed by atoms with Gasteiger partial charge in [-0.15, -0.1) is 0 Å². The van der Waals surface area contributed by atoms with Crippen molar-refractivity contribution in [1.82, 2.24) is 0 Å². The third kappa shape index (κ3) is 3.12. The maximum Gasteiger partial charge on any atom is 0.339 e. The van der Waals surface area contributed by atoms with Crippen LogP contribution in [0.3, 0.4) is 0 Å². The summed E-state index contributed by atoms with van der Waals surface area (Å²) < 4.78 is 4.89. The molecule has 0 N–H and O–H groups in total. The Morgan fingerprint density at radius 2 is 1.20 bits per heavy atom. The fourth-order valence-electron chi connectivity index (χ4n) is 5.99. The van der Waals surface area contributed by atoms with E-state index in [4.69, 9.17) is 4.74 Å². The predicted molar refractivity (Wildman–Crippen MR) is 132 cm³/mol. The molecule has 0 radical (unpaired) electrons. The van der Waals surface area contributed by atoms with Crippen molar-refractivity contribution in [2.45, 2.75) is 0 Å². The number of ether oxygens (including phenoxy) is 1. The van der Waals surface area contributed by atoms with E-state index in [0.29, 0.717) is 5.69 Å². The van der Waals surface area contributed by atoms with E-state index in [1.807, 2.05) is 36.4 Å². The molecule has 1 aliphatic heterocycles. The van der Waals surface area contributed by atoms with Crippen molar-refractivity contribution in [2.75, 3.05) is 12.0 Å². The summed E-state index contributed by atoms with van der Waals surface area (Å²) in [7, 11) is 1.29. The van der Waals surface area contributed by atoms with E-state index >= 15 is 0 Å². The largest absolute Gasteiger partial charge is 0.465 e. The molecule has 1 saturated carbocycles. The van der Waals surface area contributed by atoms with Crippen LogP contribution in [0.2, 0.25) is 0 Å². The maximum absolute atomic E-state index is 13.8. The molecule has 0 aromatic heterocycles. The van der Waals surface area contributed by atoms with Crippen molar-refractivity contribution in [3.8, 4) is 0 Å². The number of benzene rings is 3.